The van der Waals surface area contributed by atoms with E-state index in [2.05, 4.69) is 26.0 Å². The maximum Gasteiger partial charge on any atom is 0.235 e. The number of halogens is 2. The summed E-state index contributed by atoms with van der Waals surface area (Å²) in [5.41, 5.74) is 0.370. The first-order valence-corrected chi connectivity index (χ1v) is 8.00. The third kappa shape index (κ3) is 3.21. The SMILES string of the molecule is O=S(=O)(Nc1ccc(F)cc1Br)C1CCNCC1. The van der Waals surface area contributed by atoms with E-state index in [1.54, 1.807) is 0 Å². The number of sulfonamides is 1. The van der Waals surface area contributed by atoms with Crippen LogP contribution in [0.25, 0.3) is 0 Å². The fourth-order valence-corrected chi connectivity index (χ4v) is 4.00. The number of rotatable bonds is 3. The Morgan fingerprint density at radius 2 is 2.00 bits per heavy atom. The highest BCUT2D eigenvalue weighted by Crippen LogP contribution is 2.26. The zero-order valence-corrected chi connectivity index (χ0v) is 12.0. The van der Waals surface area contributed by atoms with Crippen LogP contribution in [0, 0.1) is 5.82 Å². The van der Waals surface area contributed by atoms with Crippen LogP contribution in [0.3, 0.4) is 0 Å². The summed E-state index contributed by atoms with van der Waals surface area (Å²) in [7, 11) is -3.41. The molecule has 100 valence electrons. The predicted molar refractivity (Wildman–Crippen MR) is 72.5 cm³/mol. The molecule has 1 heterocycles. The van der Waals surface area contributed by atoms with Gasteiger partial charge in [-0.2, -0.15) is 0 Å². The van der Waals surface area contributed by atoms with Crippen LogP contribution < -0.4 is 10.0 Å². The zero-order valence-electron chi connectivity index (χ0n) is 9.62. The Bertz CT molecular complexity index is 530. The average molecular weight is 337 g/mol. The van der Waals surface area contributed by atoms with E-state index in [1.165, 1.54) is 18.2 Å². The van der Waals surface area contributed by atoms with Gasteiger partial charge in [0, 0.05) is 4.47 Å². The maximum atomic E-state index is 12.9. The summed E-state index contributed by atoms with van der Waals surface area (Å²) >= 11 is 3.14. The van der Waals surface area contributed by atoms with Crippen LogP contribution in [0.1, 0.15) is 12.8 Å². The van der Waals surface area contributed by atoms with E-state index < -0.39 is 21.1 Å². The average Bonchev–Trinajstić information content (AvgIpc) is 2.34. The van der Waals surface area contributed by atoms with E-state index >= 15 is 0 Å². The van der Waals surface area contributed by atoms with E-state index in [1.807, 2.05) is 0 Å². The molecule has 1 saturated heterocycles. The Balaban J connectivity index is 2.16. The number of piperidine rings is 1. The van der Waals surface area contributed by atoms with E-state index in [9.17, 15) is 12.8 Å². The summed E-state index contributed by atoms with van der Waals surface area (Å²) in [6, 6.07) is 3.88. The lowest BCUT2D eigenvalue weighted by atomic mass is 10.2. The summed E-state index contributed by atoms with van der Waals surface area (Å²) in [5.74, 6) is -0.410. The summed E-state index contributed by atoms with van der Waals surface area (Å²) in [6.45, 7) is 1.41. The lowest BCUT2D eigenvalue weighted by Gasteiger charge is -2.23. The van der Waals surface area contributed by atoms with Crippen LogP contribution in [-0.4, -0.2) is 26.8 Å². The van der Waals surface area contributed by atoms with Gasteiger partial charge in [0.25, 0.3) is 0 Å². The molecule has 18 heavy (non-hydrogen) atoms. The van der Waals surface area contributed by atoms with Crippen molar-refractivity contribution in [2.24, 2.45) is 0 Å². The van der Waals surface area contributed by atoms with E-state index in [-0.39, 0.29) is 0 Å². The van der Waals surface area contributed by atoms with Crippen molar-refractivity contribution >= 4 is 31.6 Å². The van der Waals surface area contributed by atoms with Crippen molar-refractivity contribution in [3.05, 3.63) is 28.5 Å². The molecule has 0 aliphatic carbocycles. The Morgan fingerprint density at radius 1 is 1.33 bits per heavy atom. The lowest BCUT2D eigenvalue weighted by molar-refractivity contribution is 0.499. The standard InChI is InChI=1S/C11H14BrFN2O2S/c12-10-7-8(13)1-2-11(10)15-18(16,17)9-3-5-14-6-4-9/h1-2,7,9,14-15H,3-6H2. The molecular weight excluding hydrogens is 323 g/mol. The maximum absolute atomic E-state index is 12.9. The first kappa shape index (κ1) is 13.8. The molecule has 0 unspecified atom stereocenters. The first-order valence-electron chi connectivity index (χ1n) is 5.66. The van der Waals surface area contributed by atoms with Crippen molar-refractivity contribution in [2.45, 2.75) is 18.1 Å². The van der Waals surface area contributed by atoms with Gasteiger partial charge < -0.3 is 5.32 Å². The molecule has 2 rings (SSSR count). The molecule has 0 aromatic heterocycles. The molecule has 0 atom stereocenters. The highest BCUT2D eigenvalue weighted by Gasteiger charge is 2.27. The minimum absolute atomic E-state index is 0.370. The summed E-state index contributed by atoms with van der Waals surface area (Å²) in [6.07, 6.45) is 1.18. The number of hydrogen-bond donors (Lipinski definition) is 2. The largest absolute Gasteiger partial charge is 0.317 e. The van der Waals surface area contributed by atoms with Crippen molar-refractivity contribution in [3.8, 4) is 0 Å². The molecular formula is C11H14BrFN2O2S. The van der Waals surface area contributed by atoms with Gasteiger partial charge in [-0.25, -0.2) is 12.8 Å². The molecule has 1 aliphatic rings. The third-order valence-corrected chi connectivity index (χ3v) is 5.42. The molecule has 0 bridgehead atoms. The minimum Gasteiger partial charge on any atom is -0.317 e. The van der Waals surface area contributed by atoms with E-state index in [0.717, 1.165) is 0 Å². The molecule has 1 aliphatic heterocycles. The van der Waals surface area contributed by atoms with Crippen LogP contribution in [0.2, 0.25) is 0 Å². The topological polar surface area (TPSA) is 58.2 Å². The molecule has 7 heteroatoms. The van der Waals surface area contributed by atoms with Gasteiger partial charge in [0.2, 0.25) is 10.0 Å². The van der Waals surface area contributed by atoms with Gasteiger partial charge in [-0.1, -0.05) is 0 Å². The molecule has 4 nitrogen and oxygen atoms in total. The van der Waals surface area contributed by atoms with E-state index in [4.69, 9.17) is 0 Å². The van der Waals surface area contributed by atoms with Crippen molar-refractivity contribution < 1.29 is 12.8 Å². The fourth-order valence-electron chi connectivity index (χ4n) is 1.91. The molecule has 1 aromatic carbocycles. The van der Waals surface area contributed by atoms with E-state index in [0.29, 0.717) is 36.1 Å². The molecule has 0 saturated carbocycles. The monoisotopic (exact) mass is 336 g/mol. The van der Waals surface area contributed by atoms with Crippen LogP contribution in [0.5, 0.6) is 0 Å². The Kier molecular flexibility index (Phi) is 4.24. The normalized spacial score (nSPS) is 17.7. The summed E-state index contributed by atoms with van der Waals surface area (Å²) in [5, 5.41) is 2.73. The van der Waals surface area contributed by atoms with Gasteiger partial charge in [0.1, 0.15) is 5.82 Å². The highest BCUT2D eigenvalue weighted by atomic mass is 79.9. The second-order valence-electron chi connectivity index (χ2n) is 4.22. The quantitative estimate of drug-likeness (QED) is 0.888. The smallest absolute Gasteiger partial charge is 0.235 e. The van der Waals surface area contributed by atoms with Crippen LogP contribution in [-0.2, 0) is 10.0 Å². The summed E-state index contributed by atoms with van der Waals surface area (Å²) in [4.78, 5) is 0. The van der Waals surface area contributed by atoms with Crippen molar-refractivity contribution in [1.29, 1.82) is 0 Å². The lowest BCUT2D eigenvalue weighted by Crippen LogP contribution is -2.38. The van der Waals surface area contributed by atoms with Gasteiger partial charge in [0.05, 0.1) is 10.9 Å². The van der Waals surface area contributed by atoms with Gasteiger partial charge >= 0.3 is 0 Å². The molecule has 1 fully saturated rings. The second kappa shape index (κ2) is 5.54. The summed E-state index contributed by atoms with van der Waals surface area (Å²) < 4.78 is 40.1. The molecule has 1 aromatic rings. The Hall–Kier alpha value is -0.660. The second-order valence-corrected chi connectivity index (χ2v) is 7.04. The van der Waals surface area contributed by atoms with Crippen LogP contribution in [0.4, 0.5) is 10.1 Å². The number of anilines is 1. The molecule has 0 spiro atoms. The highest BCUT2D eigenvalue weighted by molar-refractivity contribution is 9.10. The van der Waals surface area contributed by atoms with Crippen molar-refractivity contribution in [3.63, 3.8) is 0 Å². The molecule has 2 N–H and O–H groups in total. The minimum atomic E-state index is -3.41. The number of hydrogen-bond acceptors (Lipinski definition) is 3. The number of nitrogens with one attached hydrogen (secondary N) is 2. The van der Waals surface area contributed by atoms with Crippen molar-refractivity contribution in [1.82, 2.24) is 5.32 Å². The Labute approximate surface area is 114 Å². The van der Waals surface area contributed by atoms with Crippen LogP contribution >= 0.6 is 15.9 Å². The first-order chi connectivity index (χ1) is 8.49. The molecule has 0 amide bonds. The van der Waals surface area contributed by atoms with Gasteiger partial charge in [-0.15, -0.1) is 0 Å². The van der Waals surface area contributed by atoms with Gasteiger partial charge in [-0.3, -0.25) is 4.72 Å². The van der Waals surface area contributed by atoms with Gasteiger partial charge in [0.15, 0.2) is 0 Å². The predicted octanol–water partition coefficient (Wildman–Crippen LogP) is 2.08. The van der Waals surface area contributed by atoms with Crippen LogP contribution in [0.15, 0.2) is 22.7 Å². The van der Waals surface area contributed by atoms with Crippen molar-refractivity contribution in [2.75, 3.05) is 17.8 Å². The molecule has 0 radical (unpaired) electrons. The fraction of sp³-hybridized carbons (Fsp3) is 0.455. The number of benzene rings is 1. The van der Waals surface area contributed by atoms with Gasteiger partial charge in [-0.05, 0) is 60.1 Å². The third-order valence-electron chi connectivity index (χ3n) is 2.91. The zero-order chi connectivity index (χ0) is 13.2. The Morgan fingerprint density at radius 3 is 2.61 bits per heavy atom.